The zero-order chi connectivity index (χ0) is 18.6. The number of rotatable bonds is 4. The molecule has 0 spiro atoms. The van der Waals surface area contributed by atoms with Gasteiger partial charge in [-0.15, -0.1) is 0 Å². The van der Waals surface area contributed by atoms with Gasteiger partial charge in [-0.2, -0.15) is 5.26 Å². The summed E-state index contributed by atoms with van der Waals surface area (Å²) in [6.07, 6.45) is 2.70. The Balaban J connectivity index is 1.68. The minimum absolute atomic E-state index is 0.690. The molecule has 0 fully saturated rings. The lowest BCUT2D eigenvalue weighted by Gasteiger charge is -2.09. The van der Waals surface area contributed by atoms with Gasteiger partial charge in [-0.1, -0.05) is 49.0 Å². The largest absolute Gasteiger partial charge is 0.253 e. The first-order valence-corrected chi connectivity index (χ1v) is 9.62. The lowest BCUT2D eigenvalue weighted by molar-refractivity contribution is 1.04. The molecular formula is C23H17N3S. The van der Waals surface area contributed by atoms with Gasteiger partial charge in [-0.25, -0.2) is 0 Å². The molecule has 0 N–H and O–H groups in total. The minimum atomic E-state index is 0.690. The third kappa shape index (κ3) is 3.55. The summed E-state index contributed by atoms with van der Waals surface area (Å²) in [5.41, 5.74) is 5.62. The first kappa shape index (κ1) is 17.3. The van der Waals surface area contributed by atoms with Crippen LogP contribution in [0.1, 0.15) is 18.2 Å². The molecule has 0 aliphatic carbocycles. The number of nitriles is 1. The van der Waals surface area contributed by atoms with E-state index < -0.39 is 0 Å². The maximum absolute atomic E-state index is 9.31. The van der Waals surface area contributed by atoms with Crippen molar-refractivity contribution in [2.24, 2.45) is 0 Å². The van der Waals surface area contributed by atoms with Gasteiger partial charge < -0.3 is 0 Å². The van der Waals surface area contributed by atoms with Gasteiger partial charge in [-0.05, 0) is 53.9 Å². The third-order valence-electron chi connectivity index (χ3n) is 4.38. The number of fused-ring (bicyclic) bond motifs is 1. The summed E-state index contributed by atoms with van der Waals surface area (Å²) in [5, 5.41) is 9.31. The van der Waals surface area contributed by atoms with Gasteiger partial charge in [0.1, 0.15) is 5.52 Å². The van der Waals surface area contributed by atoms with Crippen molar-refractivity contribution in [3.05, 3.63) is 84.2 Å². The molecule has 3 nitrogen and oxygen atoms in total. The van der Waals surface area contributed by atoms with Crippen LogP contribution in [0.15, 0.2) is 82.7 Å². The fraction of sp³-hybridized carbons (Fsp3) is 0.0870. The zero-order valence-electron chi connectivity index (χ0n) is 14.9. The summed E-state index contributed by atoms with van der Waals surface area (Å²) in [7, 11) is 0. The number of benzene rings is 2. The van der Waals surface area contributed by atoms with E-state index in [4.69, 9.17) is 0 Å². The Kier molecular flexibility index (Phi) is 4.86. The van der Waals surface area contributed by atoms with Crippen LogP contribution in [0.3, 0.4) is 0 Å². The van der Waals surface area contributed by atoms with Gasteiger partial charge in [0.2, 0.25) is 0 Å². The number of nitrogens with zero attached hydrogens (tertiary/aromatic N) is 3. The fourth-order valence-corrected chi connectivity index (χ4v) is 3.98. The molecule has 0 unspecified atom stereocenters. The SMILES string of the molecule is CCc1cc(Sc2ccc(-c3ccccc3C#N)cc2)c2ncccc2n1. The zero-order valence-corrected chi connectivity index (χ0v) is 15.7. The quantitative estimate of drug-likeness (QED) is 0.452. The van der Waals surface area contributed by atoms with E-state index in [1.807, 2.05) is 42.6 Å². The molecule has 2 heterocycles. The van der Waals surface area contributed by atoms with Crippen LogP contribution in [0.2, 0.25) is 0 Å². The Labute approximate surface area is 162 Å². The van der Waals surface area contributed by atoms with Crippen molar-refractivity contribution in [2.45, 2.75) is 23.1 Å². The molecule has 0 saturated carbocycles. The molecular weight excluding hydrogens is 350 g/mol. The highest BCUT2D eigenvalue weighted by atomic mass is 32.2. The second-order valence-corrected chi connectivity index (χ2v) is 7.24. The summed E-state index contributed by atoms with van der Waals surface area (Å²) in [4.78, 5) is 11.4. The molecule has 27 heavy (non-hydrogen) atoms. The molecule has 0 amide bonds. The smallest absolute Gasteiger partial charge is 0.103 e. The molecule has 4 rings (SSSR count). The maximum Gasteiger partial charge on any atom is 0.103 e. The van der Waals surface area contributed by atoms with E-state index in [0.717, 1.165) is 44.1 Å². The van der Waals surface area contributed by atoms with Gasteiger partial charge in [0.05, 0.1) is 17.1 Å². The van der Waals surface area contributed by atoms with Crippen molar-refractivity contribution in [1.29, 1.82) is 5.26 Å². The van der Waals surface area contributed by atoms with Crippen molar-refractivity contribution >= 4 is 22.8 Å². The van der Waals surface area contributed by atoms with Crippen molar-refractivity contribution < 1.29 is 0 Å². The Morgan fingerprint density at radius 1 is 1.00 bits per heavy atom. The molecule has 130 valence electrons. The van der Waals surface area contributed by atoms with Crippen LogP contribution < -0.4 is 0 Å². The average molecular weight is 367 g/mol. The van der Waals surface area contributed by atoms with Gasteiger partial charge in [0.15, 0.2) is 0 Å². The summed E-state index contributed by atoms with van der Waals surface area (Å²) in [5.74, 6) is 0. The van der Waals surface area contributed by atoms with E-state index in [1.165, 1.54) is 0 Å². The average Bonchev–Trinajstić information content (AvgIpc) is 2.74. The van der Waals surface area contributed by atoms with Crippen LogP contribution in [-0.4, -0.2) is 9.97 Å². The Bertz CT molecular complexity index is 1140. The summed E-state index contributed by atoms with van der Waals surface area (Å²) >= 11 is 1.69. The molecule has 0 atom stereocenters. The highest BCUT2D eigenvalue weighted by Crippen LogP contribution is 2.34. The molecule has 0 aliphatic heterocycles. The molecule has 0 saturated heterocycles. The molecule has 0 aliphatic rings. The van der Waals surface area contributed by atoms with Crippen molar-refractivity contribution in [3.63, 3.8) is 0 Å². The second-order valence-electron chi connectivity index (χ2n) is 6.12. The Hall–Kier alpha value is -3.16. The van der Waals surface area contributed by atoms with E-state index in [1.54, 1.807) is 11.8 Å². The first-order valence-electron chi connectivity index (χ1n) is 8.80. The van der Waals surface area contributed by atoms with Crippen LogP contribution >= 0.6 is 11.8 Å². The van der Waals surface area contributed by atoms with E-state index in [2.05, 4.69) is 53.3 Å². The van der Waals surface area contributed by atoms with E-state index in [-0.39, 0.29) is 0 Å². The highest BCUT2D eigenvalue weighted by molar-refractivity contribution is 7.99. The van der Waals surface area contributed by atoms with Crippen LogP contribution in [0.25, 0.3) is 22.2 Å². The molecule has 2 aromatic carbocycles. The predicted octanol–water partition coefficient (Wildman–Crippen LogP) is 5.88. The number of aromatic nitrogens is 2. The van der Waals surface area contributed by atoms with E-state index in [9.17, 15) is 5.26 Å². The van der Waals surface area contributed by atoms with Gasteiger partial charge in [0.25, 0.3) is 0 Å². The van der Waals surface area contributed by atoms with Crippen molar-refractivity contribution in [3.8, 4) is 17.2 Å². The van der Waals surface area contributed by atoms with Crippen LogP contribution in [0, 0.1) is 11.3 Å². The van der Waals surface area contributed by atoms with Crippen molar-refractivity contribution in [2.75, 3.05) is 0 Å². The van der Waals surface area contributed by atoms with Crippen molar-refractivity contribution in [1.82, 2.24) is 9.97 Å². The highest BCUT2D eigenvalue weighted by Gasteiger charge is 2.09. The summed E-state index contributed by atoms with van der Waals surface area (Å²) in [6, 6.07) is 24.3. The van der Waals surface area contributed by atoms with Crippen LogP contribution in [0.5, 0.6) is 0 Å². The number of aryl methyl sites for hydroxylation is 1. The first-order chi connectivity index (χ1) is 13.3. The Morgan fingerprint density at radius 3 is 2.59 bits per heavy atom. The molecule has 4 aromatic rings. The predicted molar refractivity (Wildman–Crippen MR) is 110 cm³/mol. The fourth-order valence-electron chi connectivity index (χ4n) is 3.00. The molecule has 4 heteroatoms. The minimum Gasteiger partial charge on any atom is -0.253 e. The molecule has 0 radical (unpaired) electrons. The summed E-state index contributed by atoms with van der Waals surface area (Å²) < 4.78 is 0. The molecule has 2 aromatic heterocycles. The lowest BCUT2D eigenvalue weighted by Crippen LogP contribution is -1.92. The Morgan fingerprint density at radius 2 is 1.81 bits per heavy atom. The van der Waals surface area contributed by atoms with Gasteiger partial charge in [0, 0.05) is 21.7 Å². The normalized spacial score (nSPS) is 10.7. The monoisotopic (exact) mass is 367 g/mol. The van der Waals surface area contributed by atoms with E-state index >= 15 is 0 Å². The van der Waals surface area contributed by atoms with Crippen LogP contribution in [0.4, 0.5) is 0 Å². The van der Waals surface area contributed by atoms with Crippen LogP contribution in [-0.2, 0) is 6.42 Å². The number of pyridine rings is 2. The number of hydrogen-bond acceptors (Lipinski definition) is 4. The summed E-state index contributed by atoms with van der Waals surface area (Å²) in [6.45, 7) is 2.11. The van der Waals surface area contributed by atoms with E-state index in [0.29, 0.717) is 5.56 Å². The third-order valence-corrected chi connectivity index (χ3v) is 5.42. The topological polar surface area (TPSA) is 49.6 Å². The van der Waals surface area contributed by atoms with Gasteiger partial charge in [-0.3, -0.25) is 9.97 Å². The standard InChI is InChI=1S/C23H17N3S/c1-2-18-14-22(23-21(26-18)8-5-13-25-23)27-19-11-9-16(10-12-19)20-7-4-3-6-17(20)15-24/h3-14H,2H2,1H3. The van der Waals surface area contributed by atoms with Gasteiger partial charge >= 0.3 is 0 Å². The lowest BCUT2D eigenvalue weighted by atomic mass is 10.0. The number of hydrogen-bond donors (Lipinski definition) is 0. The maximum atomic E-state index is 9.31. The molecule has 0 bridgehead atoms. The second kappa shape index (κ2) is 7.61.